The molecule has 0 aromatic carbocycles. The standard InChI is InChI=1S/C17H20N6O2/c1-10-14(25-9-19-10)17(24)23-7-3-4-11(8-23)13-6-5-12-15(18)21-22(2)16(12)20-13/h5-6,9,11H,3-4,7-8H2,1-2H3,(H2,18,21)/t11-/m0/s1. The third kappa shape index (κ3) is 2.63. The maximum atomic E-state index is 12.7. The highest BCUT2D eigenvalue weighted by Crippen LogP contribution is 2.29. The van der Waals surface area contributed by atoms with Crippen LogP contribution in [0.1, 0.15) is 40.7 Å². The van der Waals surface area contributed by atoms with E-state index in [1.165, 1.54) is 6.39 Å². The Bertz CT molecular complexity index is 944. The highest BCUT2D eigenvalue weighted by atomic mass is 16.3. The van der Waals surface area contributed by atoms with Gasteiger partial charge in [0.15, 0.2) is 17.9 Å². The van der Waals surface area contributed by atoms with Crippen molar-refractivity contribution in [1.29, 1.82) is 0 Å². The Labute approximate surface area is 144 Å². The van der Waals surface area contributed by atoms with Crippen LogP contribution in [0.5, 0.6) is 0 Å². The fourth-order valence-corrected chi connectivity index (χ4v) is 3.45. The van der Waals surface area contributed by atoms with Gasteiger partial charge in [-0.15, -0.1) is 0 Å². The Morgan fingerprint density at radius 3 is 3.00 bits per heavy atom. The number of anilines is 1. The fourth-order valence-electron chi connectivity index (χ4n) is 3.45. The lowest BCUT2D eigenvalue weighted by Gasteiger charge is -2.32. The molecule has 0 spiro atoms. The van der Waals surface area contributed by atoms with Gasteiger partial charge in [0.2, 0.25) is 5.76 Å². The van der Waals surface area contributed by atoms with Gasteiger partial charge in [0.1, 0.15) is 0 Å². The topological polar surface area (TPSA) is 103 Å². The van der Waals surface area contributed by atoms with Crippen molar-refractivity contribution in [2.75, 3.05) is 18.8 Å². The predicted molar refractivity (Wildman–Crippen MR) is 92.0 cm³/mol. The molecule has 1 aliphatic rings. The van der Waals surface area contributed by atoms with Gasteiger partial charge in [0.25, 0.3) is 5.91 Å². The summed E-state index contributed by atoms with van der Waals surface area (Å²) in [5.74, 6) is 0.883. The lowest BCUT2D eigenvalue weighted by Crippen LogP contribution is -2.39. The van der Waals surface area contributed by atoms with Crippen molar-refractivity contribution in [2.45, 2.75) is 25.7 Å². The lowest BCUT2D eigenvalue weighted by atomic mass is 9.94. The Morgan fingerprint density at radius 1 is 1.40 bits per heavy atom. The molecule has 3 aromatic heterocycles. The van der Waals surface area contributed by atoms with Crippen LogP contribution in [0, 0.1) is 6.92 Å². The monoisotopic (exact) mass is 340 g/mol. The summed E-state index contributed by atoms with van der Waals surface area (Å²) >= 11 is 0. The highest BCUT2D eigenvalue weighted by Gasteiger charge is 2.29. The highest BCUT2D eigenvalue weighted by molar-refractivity contribution is 5.92. The van der Waals surface area contributed by atoms with Gasteiger partial charge in [-0.25, -0.2) is 14.6 Å². The zero-order valence-electron chi connectivity index (χ0n) is 14.3. The second-order valence-electron chi connectivity index (χ2n) is 6.47. The molecule has 1 fully saturated rings. The van der Waals surface area contributed by atoms with Crippen LogP contribution in [-0.4, -0.2) is 43.6 Å². The smallest absolute Gasteiger partial charge is 0.291 e. The van der Waals surface area contributed by atoms with Gasteiger partial charge in [-0.2, -0.15) is 5.10 Å². The van der Waals surface area contributed by atoms with E-state index in [-0.39, 0.29) is 11.8 Å². The molecule has 0 saturated carbocycles. The molecule has 1 atom stereocenters. The van der Waals surface area contributed by atoms with E-state index < -0.39 is 0 Å². The summed E-state index contributed by atoms with van der Waals surface area (Å²) in [4.78, 5) is 23.2. The molecule has 1 saturated heterocycles. The zero-order chi connectivity index (χ0) is 17.6. The van der Waals surface area contributed by atoms with Crippen molar-refractivity contribution < 1.29 is 9.21 Å². The Morgan fingerprint density at radius 2 is 2.24 bits per heavy atom. The van der Waals surface area contributed by atoms with E-state index in [0.29, 0.717) is 23.8 Å². The van der Waals surface area contributed by atoms with Crippen LogP contribution < -0.4 is 5.73 Å². The van der Waals surface area contributed by atoms with Gasteiger partial charge >= 0.3 is 0 Å². The number of carbonyl (C=O) groups excluding carboxylic acids is 1. The van der Waals surface area contributed by atoms with Crippen LogP contribution in [0.15, 0.2) is 22.9 Å². The number of nitrogen functional groups attached to an aromatic ring is 1. The minimum absolute atomic E-state index is 0.106. The van der Waals surface area contributed by atoms with Gasteiger partial charge < -0.3 is 15.1 Å². The molecule has 4 heterocycles. The molecular formula is C17H20N6O2. The number of likely N-dealkylation sites (tertiary alicyclic amines) is 1. The second-order valence-corrected chi connectivity index (χ2v) is 6.47. The van der Waals surface area contributed by atoms with Crippen molar-refractivity contribution >= 4 is 22.8 Å². The van der Waals surface area contributed by atoms with Gasteiger partial charge in [-0.1, -0.05) is 0 Å². The molecule has 0 unspecified atom stereocenters. The number of hydrogen-bond donors (Lipinski definition) is 1. The number of amides is 1. The van der Waals surface area contributed by atoms with Gasteiger partial charge in [0, 0.05) is 31.7 Å². The minimum atomic E-state index is -0.106. The van der Waals surface area contributed by atoms with Crippen molar-refractivity contribution in [3.8, 4) is 0 Å². The van der Waals surface area contributed by atoms with Crippen molar-refractivity contribution in [2.24, 2.45) is 7.05 Å². The molecule has 1 aliphatic heterocycles. The number of nitrogens with zero attached hydrogens (tertiary/aromatic N) is 5. The third-order valence-corrected chi connectivity index (χ3v) is 4.80. The fraction of sp³-hybridized carbons (Fsp3) is 0.412. The summed E-state index contributed by atoms with van der Waals surface area (Å²) in [5.41, 5.74) is 8.25. The van der Waals surface area contributed by atoms with E-state index in [1.54, 1.807) is 11.6 Å². The first-order valence-electron chi connectivity index (χ1n) is 8.33. The summed E-state index contributed by atoms with van der Waals surface area (Å²) in [6, 6.07) is 3.94. The van der Waals surface area contributed by atoms with Crippen LogP contribution in [-0.2, 0) is 7.05 Å². The van der Waals surface area contributed by atoms with Crippen LogP contribution in [0.2, 0.25) is 0 Å². The van der Waals surface area contributed by atoms with Crippen LogP contribution in [0.3, 0.4) is 0 Å². The van der Waals surface area contributed by atoms with E-state index in [1.807, 2.05) is 24.1 Å². The molecule has 3 aromatic rings. The van der Waals surface area contributed by atoms with E-state index >= 15 is 0 Å². The van der Waals surface area contributed by atoms with Crippen molar-refractivity contribution in [3.63, 3.8) is 0 Å². The molecule has 0 bridgehead atoms. The second kappa shape index (κ2) is 5.87. The van der Waals surface area contributed by atoms with Crippen LogP contribution in [0.4, 0.5) is 5.82 Å². The van der Waals surface area contributed by atoms with E-state index in [4.69, 9.17) is 15.1 Å². The zero-order valence-corrected chi connectivity index (χ0v) is 14.3. The summed E-state index contributed by atoms with van der Waals surface area (Å²) in [5, 5.41) is 5.07. The number of aromatic nitrogens is 4. The first kappa shape index (κ1) is 15.6. The SMILES string of the molecule is Cc1ncoc1C(=O)N1CCC[C@H](c2ccc3c(N)nn(C)c3n2)C1. The Balaban J connectivity index is 1.60. The number of rotatable bonds is 2. The summed E-state index contributed by atoms with van der Waals surface area (Å²) in [6.07, 6.45) is 3.23. The molecule has 25 heavy (non-hydrogen) atoms. The predicted octanol–water partition coefficient (Wildman–Crippen LogP) is 1.87. The number of nitrogens with two attached hydrogens (primary N) is 1. The van der Waals surface area contributed by atoms with Crippen LogP contribution in [0.25, 0.3) is 11.0 Å². The Hall–Kier alpha value is -2.90. The molecule has 4 rings (SSSR count). The summed E-state index contributed by atoms with van der Waals surface area (Å²) in [6.45, 7) is 3.11. The molecule has 1 amide bonds. The van der Waals surface area contributed by atoms with E-state index in [2.05, 4.69) is 10.1 Å². The largest absolute Gasteiger partial charge is 0.438 e. The molecule has 2 N–H and O–H groups in total. The van der Waals surface area contributed by atoms with Gasteiger partial charge in [-0.3, -0.25) is 4.79 Å². The van der Waals surface area contributed by atoms with Crippen LogP contribution >= 0.6 is 0 Å². The van der Waals surface area contributed by atoms with Gasteiger partial charge in [-0.05, 0) is 31.9 Å². The number of carbonyl (C=O) groups is 1. The van der Waals surface area contributed by atoms with Crippen molar-refractivity contribution in [1.82, 2.24) is 24.6 Å². The molecule has 0 radical (unpaired) electrons. The molecule has 130 valence electrons. The number of hydrogen-bond acceptors (Lipinski definition) is 6. The molecule has 0 aliphatic carbocycles. The van der Waals surface area contributed by atoms with E-state index in [9.17, 15) is 4.79 Å². The van der Waals surface area contributed by atoms with E-state index in [0.717, 1.165) is 36.1 Å². The number of fused-ring (bicyclic) bond motifs is 1. The first-order valence-corrected chi connectivity index (χ1v) is 8.33. The average Bonchev–Trinajstić information content (AvgIpc) is 3.17. The van der Waals surface area contributed by atoms with Gasteiger partial charge in [0.05, 0.1) is 11.1 Å². The molecule has 8 heteroatoms. The maximum absolute atomic E-state index is 12.7. The summed E-state index contributed by atoms with van der Waals surface area (Å²) < 4.78 is 6.95. The third-order valence-electron chi connectivity index (χ3n) is 4.80. The molecule has 8 nitrogen and oxygen atoms in total. The number of pyridine rings is 1. The summed E-state index contributed by atoms with van der Waals surface area (Å²) in [7, 11) is 1.83. The minimum Gasteiger partial charge on any atom is -0.438 e. The van der Waals surface area contributed by atoms with Crippen molar-refractivity contribution in [3.05, 3.63) is 35.7 Å². The Kier molecular flexibility index (Phi) is 3.67. The lowest BCUT2D eigenvalue weighted by molar-refractivity contribution is 0.0672. The number of piperidine rings is 1. The molecular weight excluding hydrogens is 320 g/mol. The quantitative estimate of drug-likeness (QED) is 0.764. The normalized spacial score (nSPS) is 18.0. The first-order chi connectivity index (χ1) is 12.0. The number of oxazole rings is 1. The maximum Gasteiger partial charge on any atom is 0.291 e. The average molecular weight is 340 g/mol. The number of aryl methyl sites for hydroxylation is 2.